The highest BCUT2D eigenvalue weighted by Crippen LogP contribution is 2.43. The Morgan fingerprint density at radius 3 is 1.69 bits per heavy atom. The molecule has 0 spiro atoms. The minimum absolute atomic E-state index is 0.515. The van der Waals surface area contributed by atoms with Gasteiger partial charge < -0.3 is 8.83 Å². The van der Waals surface area contributed by atoms with Crippen LogP contribution in [0.4, 0.5) is 0 Å². The number of furan rings is 2. The fourth-order valence-corrected chi connectivity index (χ4v) is 6.74. The maximum atomic E-state index is 6.59. The summed E-state index contributed by atoms with van der Waals surface area (Å²) < 4.78 is 13.2. The number of para-hydroxylation sites is 2. The number of hydrogen-bond acceptors (Lipinski definition) is 6. The third kappa shape index (κ3) is 4.13. The molecule has 0 saturated carbocycles. The van der Waals surface area contributed by atoms with Crippen LogP contribution in [0.15, 0.2) is 155 Å². The third-order valence-corrected chi connectivity index (χ3v) is 8.99. The van der Waals surface area contributed by atoms with Crippen molar-refractivity contribution in [2.45, 2.75) is 0 Å². The van der Waals surface area contributed by atoms with E-state index in [1.165, 1.54) is 5.39 Å². The predicted molar refractivity (Wildman–Crippen MR) is 191 cm³/mol. The Morgan fingerprint density at radius 1 is 0.417 bits per heavy atom. The fraction of sp³-hybridized carbons (Fsp3) is 0. The molecule has 0 aliphatic rings. The highest BCUT2D eigenvalue weighted by Gasteiger charge is 2.22. The van der Waals surface area contributed by atoms with Gasteiger partial charge in [0.1, 0.15) is 16.7 Å². The van der Waals surface area contributed by atoms with Gasteiger partial charge in [0.15, 0.2) is 17.5 Å². The summed E-state index contributed by atoms with van der Waals surface area (Å²) in [5.74, 6) is 1.75. The van der Waals surface area contributed by atoms with Crippen LogP contribution in [-0.4, -0.2) is 19.9 Å². The van der Waals surface area contributed by atoms with Crippen molar-refractivity contribution in [2.75, 3.05) is 0 Å². The number of hydrogen-bond donors (Lipinski definition) is 0. The van der Waals surface area contributed by atoms with Crippen LogP contribution in [0.5, 0.6) is 0 Å². The van der Waals surface area contributed by atoms with E-state index < -0.39 is 0 Å². The van der Waals surface area contributed by atoms with Crippen LogP contribution in [0.3, 0.4) is 0 Å². The Balaban J connectivity index is 1.20. The lowest BCUT2D eigenvalue weighted by molar-refractivity contribution is 0.654. The first kappa shape index (κ1) is 26.5. The maximum absolute atomic E-state index is 6.59. The van der Waals surface area contributed by atoms with E-state index in [1.54, 1.807) is 6.20 Å². The van der Waals surface area contributed by atoms with Crippen LogP contribution in [0.1, 0.15) is 0 Å². The van der Waals surface area contributed by atoms with Gasteiger partial charge in [0.2, 0.25) is 5.71 Å². The van der Waals surface area contributed by atoms with Crippen molar-refractivity contribution in [2.24, 2.45) is 0 Å². The average molecular weight is 617 g/mol. The summed E-state index contributed by atoms with van der Waals surface area (Å²) in [5, 5.41) is 6.25. The van der Waals surface area contributed by atoms with Gasteiger partial charge in [0, 0.05) is 50.2 Å². The highest BCUT2D eigenvalue weighted by atomic mass is 16.3. The van der Waals surface area contributed by atoms with Crippen LogP contribution in [0, 0.1) is 0 Å². The molecular formula is C42H24N4O2. The fourth-order valence-electron chi connectivity index (χ4n) is 6.74. The highest BCUT2D eigenvalue weighted by molar-refractivity contribution is 6.18. The van der Waals surface area contributed by atoms with Crippen molar-refractivity contribution in [1.82, 2.24) is 19.9 Å². The summed E-state index contributed by atoms with van der Waals surface area (Å²) in [6.07, 6.45) is 1.75. The summed E-state index contributed by atoms with van der Waals surface area (Å²) in [7, 11) is 0. The zero-order valence-electron chi connectivity index (χ0n) is 25.5. The number of pyridine rings is 1. The molecule has 224 valence electrons. The van der Waals surface area contributed by atoms with E-state index in [4.69, 9.17) is 23.8 Å². The van der Waals surface area contributed by atoms with Crippen LogP contribution in [0.2, 0.25) is 0 Å². The second kappa shape index (κ2) is 10.4. The first-order valence-corrected chi connectivity index (χ1v) is 15.8. The van der Waals surface area contributed by atoms with Crippen LogP contribution in [-0.2, 0) is 0 Å². The summed E-state index contributed by atoms with van der Waals surface area (Å²) in [5.41, 5.74) is 7.45. The van der Waals surface area contributed by atoms with Crippen LogP contribution in [0.25, 0.3) is 100 Å². The van der Waals surface area contributed by atoms with Gasteiger partial charge >= 0.3 is 0 Å². The number of nitrogens with zero attached hydrogens (tertiary/aromatic N) is 4. The quantitative estimate of drug-likeness (QED) is 0.196. The van der Waals surface area contributed by atoms with Gasteiger partial charge in [-0.25, -0.2) is 19.9 Å². The van der Waals surface area contributed by atoms with Gasteiger partial charge in [-0.15, -0.1) is 0 Å². The first-order chi connectivity index (χ1) is 23.8. The zero-order chi connectivity index (χ0) is 31.6. The minimum atomic E-state index is 0.515. The van der Waals surface area contributed by atoms with Gasteiger partial charge in [-0.2, -0.15) is 0 Å². The molecule has 0 aliphatic carbocycles. The second-order valence-electron chi connectivity index (χ2n) is 11.8. The van der Waals surface area contributed by atoms with Gasteiger partial charge in [-0.05, 0) is 29.0 Å². The molecule has 10 rings (SSSR count). The largest absolute Gasteiger partial charge is 0.455 e. The van der Waals surface area contributed by atoms with E-state index in [9.17, 15) is 0 Å². The maximum Gasteiger partial charge on any atom is 0.228 e. The van der Waals surface area contributed by atoms with E-state index in [0.29, 0.717) is 23.2 Å². The zero-order valence-corrected chi connectivity index (χ0v) is 25.5. The van der Waals surface area contributed by atoms with Crippen molar-refractivity contribution in [3.8, 4) is 45.3 Å². The first-order valence-electron chi connectivity index (χ1n) is 15.8. The average Bonchev–Trinajstić information content (AvgIpc) is 3.72. The van der Waals surface area contributed by atoms with Crippen molar-refractivity contribution < 1.29 is 8.83 Å². The summed E-state index contributed by atoms with van der Waals surface area (Å²) in [6, 6.07) is 47.1. The third-order valence-electron chi connectivity index (χ3n) is 8.99. The molecule has 10 aromatic rings. The van der Waals surface area contributed by atoms with Gasteiger partial charge in [-0.1, -0.05) is 121 Å². The Hall–Kier alpha value is -6.66. The lowest BCUT2D eigenvalue weighted by atomic mass is 9.99. The Labute approximate surface area is 274 Å². The normalized spacial score (nSPS) is 11.8. The smallest absolute Gasteiger partial charge is 0.228 e. The molecule has 48 heavy (non-hydrogen) atoms. The van der Waals surface area contributed by atoms with Crippen molar-refractivity contribution in [1.29, 1.82) is 0 Å². The number of benzene rings is 6. The molecule has 0 N–H and O–H groups in total. The topological polar surface area (TPSA) is 77.8 Å². The summed E-state index contributed by atoms with van der Waals surface area (Å²) >= 11 is 0. The number of aromatic nitrogens is 4. The molecular weight excluding hydrogens is 592 g/mol. The van der Waals surface area contributed by atoms with Gasteiger partial charge in [-0.3, -0.25) is 0 Å². The molecule has 4 heterocycles. The Kier molecular flexibility index (Phi) is 5.77. The molecule has 4 aromatic heterocycles. The van der Waals surface area contributed by atoms with E-state index in [2.05, 4.69) is 77.8 Å². The standard InChI is InChI=1S/C42H24N4O2/c1-3-11-25(12-4-1)39-44-40(26-13-5-2-6-14-26)46-41(45-39)33-21-22-43-42-36(33)32-20-10-18-30(38(32)48-42)29-17-9-19-31-34-23-27-15-7-8-16-28(27)24-35(34)47-37(29)31/h1-24H. The Morgan fingerprint density at radius 2 is 1.00 bits per heavy atom. The summed E-state index contributed by atoms with van der Waals surface area (Å²) in [4.78, 5) is 19.5. The molecule has 0 atom stereocenters. The van der Waals surface area contributed by atoms with E-state index >= 15 is 0 Å². The van der Waals surface area contributed by atoms with E-state index in [0.717, 1.165) is 71.5 Å². The Bertz CT molecular complexity index is 2780. The second-order valence-corrected chi connectivity index (χ2v) is 11.8. The van der Waals surface area contributed by atoms with Crippen molar-refractivity contribution >= 4 is 54.8 Å². The van der Waals surface area contributed by atoms with Gasteiger partial charge in [0.25, 0.3) is 0 Å². The number of rotatable bonds is 4. The monoisotopic (exact) mass is 616 g/mol. The summed E-state index contributed by atoms with van der Waals surface area (Å²) in [6.45, 7) is 0. The molecule has 0 aliphatic heterocycles. The lowest BCUT2D eigenvalue weighted by Crippen LogP contribution is -2.00. The number of fused-ring (bicyclic) bond motifs is 7. The molecule has 6 heteroatoms. The molecule has 0 bridgehead atoms. The molecule has 0 saturated heterocycles. The van der Waals surface area contributed by atoms with Gasteiger partial charge in [0.05, 0.1) is 5.39 Å². The predicted octanol–water partition coefficient (Wildman–Crippen LogP) is 10.9. The molecule has 0 unspecified atom stereocenters. The van der Waals surface area contributed by atoms with Crippen LogP contribution >= 0.6 is 0 Å². The SMILES string of the molecule is c1ccc(-c2nc(-c3ccccc3)nc(-c3ccnc4oc5c(-c6cccc7c6oc6cc8ccccc8cc67)cccc5c34)n2)cc1. The van der Waals surface area contributed by atoms with Crippen LogP contribution < -0.4 is 0 Å². The molecule has 6 aromatic carbocycles. The minimum Gasteiger partial charge on any atom is -0.455 e. The van der Waals surface area contributed by atoms with Crippen molar-refractivity contribution in [3.05, 3.63) is 146 Å². The van der Waals surface area contributed by atoms with Crippen molar-refractivity contribution in [3.63, 3.8) is 0 Å². The van der Waals surface area contributed by atoms with E-state index in [-0.39, 0.29) is 0 Å². The molecule has 6 nitrogen and oxygen atoms in total. The molecule has 0 radical (unpaired) electrons. The molecule has 0 fully saturated rings. The lowest BCUT2D eigenvalue weighted by Gasteiger charge is -2.09. The van der Waals surface area contributed by atoms with E-state index in [1.807, 2.05) is 66.7 Å². The molecule has 0 amide bonds.